The predicted octanol–water partition coefficient (Wildman–Crippen LogP) is 3.87. The van der Waals surface area contributed by atoms with Crippen molar-refractivity contribution >= 4 is 21.9 Å². The number of carboxylic acids is 1. The van der Waals surface area contributed by atoms with Gasteiger partial charge in [0, 0.05) is 5.56 Å². The van der Waals surface area contributed by atoms with Crippen LogP contribution in [-0.4, -0.2) is 11.1 Å². The Bertz CT molecular complexity index is 613. The molecule has 5 heteroatoms. The largest absolute Gasteiger partial charge is 0.488 e. The molecule has 0 aliphatic carbocycles. The smallest absolute Gasteiger partial charge is 0.339 e. The third kappa shape index (κ3) is 3.12. The molecule has 0 aromatic heterocycles. The van der Waals surface area contributed by atoms with Crippen LogP contribution in [0.2, 0.25) is 0 Å². The average molecular weight is 325 g/mol. The number of para-hydroxylation sites is 1. The zero-order chi connectivity index (χ0) is 13.8. The summed E-state index contributed by atoms with van der Waals surface area (Å²) in [5.41, 5.74) is 0.690. The number of rotatable bonds is 4. The molecule has 0 saturated carbocycles. The SMILES string of the molecule is O=C(O)c1ccccc1OCc1cccc(F)c1Br. The molecule has 0 aliphatic rings. The first-order chi connectivity index (χ1) is 9.09. The van der Waals surface area contributed by atoms with Gasteiger partial charge < -0.3 is 9.84 Å². The normalized spacial score (nSPS) is 10.2. The van der Waals surface area contributed by atoms with E-state index in [9.17, 15) is 9.18 Å². The molecular formula is C14H10BrFO3. The molecule has 0 heterocycles. The maximum Gasteiger partial charge on any atom is 0.339 e. The van der Waals surface area contributed by atoms with Gasteiger partial charge in [0.05, 0.1) is 4.47 Å². The van der Waals surface area contributed by atoms with E-state index in [1.54, 1.807) is 30.3 Å². The highest BCUT2D eigenvalue weighted by Crippen LogP contribution is 2.24. The van der Waals surface area contributed by atoms with Gasteiger partial charge in [-0.3, -0.25) is 0 Å². The van der Waals surface area contributed by atoms with E-state index in [1.165, 1.54) is 12.1 Å². The summed E-state index contributed by atoms with van der Waals surface area (Å²) in [7, 11) is 0. The second-order valence-corrected chi connectivity index (χ2v) is 4.60. The molecule has 2 rings (SSSR count). The third-order valence-corrected chi connectivity index (χ3v) is 3.42. The van der Waals surface area contributed by atoms with Crippen molar-refractivity contribution in [3.05, 3.63) is 63.9 Å². The van der Waals surface area contributed by atoms with Gasteiger partial charge in [-0.2, -0.15) is 0 Å². The monoisotopic (exact) mass is 324 g/mol. The Morgan fingerprint density at radius 3 is 2.68 bits per heavy atom. The summed E-state index contributed by atoms with van der Waals surface area (Å²) in [4.78, 5) is 11.0. The molecule has 0 amide bonds. The quantitative estimate of drug-likeness (QED) is 0.928. The first-order valence-corrected chi connectivity index (χ1v) is 6.27. The summed E-state index contributed by atoms with van der Waals surface area (Å²) in [5, 5.41) is 9.01. The van der Waals surface area contributed by atoms with Crippen LogP contribution in [0.5, 0.6) is 5.75 Å². The number of hydrogen-bond donors (Lipinski definition) is 1. The lowest BCUT2D eigenvalue weighted by atomic mass is 10.2. The molecule has 0 bridgehead atoms. The maximum absolute atomic E-state index is 13.3. The van der Waals surface area contributed by atoms with E-state index < -0.39 is 5.97 Å². The van der Waals surface area contributed by atoms with Crippen molar-refractivity contribution in [2.45, 2.75) is 6.61 Å². The lowest BCUT2D eigenvalue weighted by Gasteiger charge is -2.10. The average Bonchev–Trinajstić information content (AvgIpc) is 2.40. The number of halogens is 2. The zero-order valence-corrected chi connectivity index (χ0v) is 11.4. The highest BCUT2D eigenvalue weighted by Gasteiger charge is 2.11. The molecule has 98 valence electrons. The molecule has 2 aromatic carbocycles. The number of ether oxygens (including phenoxy) is 1. The minimum Gasteiger partial charge on any atom is -0.488 e. The van der Waals surface area contributed by atoms with Crippen LogP contribution in [0, 0.1) is 5.82 Å². The van der Waals surface area contributed by atoms with E-state index in [-0.39, 0.29) is 23.7 Å². The van der Waals surface area contributed by atoms with Crippen LogP contribution in [-0.2, 0) is 6.61 Å². The Morgan fingerprint density at radius 1 is 1.21 bits per heavy atom. The Kier molecular flexibility index (Phi) is 4.16. The fourth-order valence-electron chi connectivity index (χ4n) is 1.58. The lowest BCUT2D eigenvalue weighted by Crippen LogP contribution is -2.03. The maximum atomic E-state index is 13.3. The second kappa shape index (κ2) is 5.84. The van der Waals surface area contributed by atoms with Crippen LogP contribution in [0.3, 0.4) is 0 Å². The topological polar surface area (TPSA) is 46.5 Å². The molecule has 19 heavy (non-hydrogen) atoms. The number of carbonyl (C=O) groups is 1. The molecule has 3 nitrogen and oxygen atoms in total. The minimum atomic E-state index is -1.06. The van der Waals surface area contributed by atoms with Gasteiger partial charge in [0.1, 0.15) is 23.7 Å². The third-order valence-electron chi connectivity index (χ3n) is 2.53. The van der Waals surface area contributed by atoms with Crippen LogP contribution in [0.4, 0.5) is 4.39 Å². The van der Waals surface area contributed by atoms with Crippen LogP contribution in [0.15, 0.2) is 46.9 Å². The number of hydrogen-bond acceptors (Lipinski definition) is 2. The molecule has 0 aliphatic heterocycles. The Labute approximate surface area is 117 Å². The second-order valence-electron chi connectivity index (χ2n) is 3.80. The fraction of sp³-hybridized carbons (Fsp3) is 0.0714. The van der Waals surface area contributed by atoms with Gasteiger partial charge in [-0.25, -0.2) is 9.18 Å². The standard InChI is InChI=1S/C14H10BrFO3/c15-13-9(4-3-6-11(13)16)8-19-12-7-2-1-5-10(12)14(17)18/h1-7H,8H2,(H,17,18). The first kappa shape index (κ1) is 13.5. The molecule has 0 radical (unpaired) electrons. The van der Waals surface area contributed by atoms with E-state index in [0.717, 1.165) is 0 Å². The molecule has 0 spiro atoms. The van der Waals surface area contributed by atoms with E-state index in [1.807, 2.05) is 0 Å². The van der Waals surface area contributed by atoms with Crippen LogP contribution in [0.25, 0.3) is 0 Å². The Balaban J connectivity index is 2.19. The van der Waals surface area contributed by atoms with Gasteiger partial charge >= 0.3 is 5.97 Å². The number of carboxylic acid groups (broad SMARTS) is 1. The van der Waals surface area contributed by atoms with Gasteiger partial charge in [-0.1, -0.05) is 24.3 Å². The minimum absolute atomic E-state index is 0.0787. The van der Waals surface area contributed by atoms with Crippen LogP contribution >= 0.6 is 15.9 Å². The summed E-state index contributed by atoms with van der Waals surface area (Å²) < 4.78 is 19.1. The molecule has 0 saturated heterocycles. The Morgan fingerprint density at radius 2 is 1.95 bits per heavy atom. The molecule has 0 fully saturated rings. The highest BCUT2D eigenvalue weighted by atomic mass is 79.9. The van der Waals surface area contributed by atoms with Crippen molar-refractivity contribution in [3.63, 3.8) is 0 Å². The van der Waals surface area contributed by atoms with Crippen molar-refractivity contribution in [1.29, 1.82) is 0 Å². The van der Waals surface area contributed by atoms with Gasteiger partial charge in [0.2, 0.25) is 0 Å². The predicted molar refractivity (Wildman–Crippen MR) is 71.8 cm³/mol. The lowest BCUT2D eigenvalue weighted by molar-refractivity contribution is 0.0691. The molecule has 1 N–H and O–H groups in total. The van der Waals surface area contributed by atoms with E-state index in [4.69, 9.17) is 9.84 Å². The molecule has 2 aromatic rings. The summed E-state index contributed by atoms with van der Waals surface area (Å²) >= 11 is 3.13. The van der Waals surface area contributed by atoms with Gasteiger partial charge in [-0.05, 0) is 34.1 Å². The number of benzene rings is 2. The van der Waals surface area contributed by atoms with Crippen molar-refractivity contribution in [2.24, 2.45) is 0 Å². The summed E-state index contributed by atoms with van der Waals surface area (Å²) in [6.07, 6.45) is 0. The van der Waals surface area contributed by atoms with Gasteiger partial charge in [0.15, 0.2) is 0 Å². The van der Waals surface area contributed by atoms with E-state index in [2.05, 4.69) is 15.9 Å². The highest BCUT2D eigenvalue weighted by molar-refractivity contribution is 9.10. The van der Waals surface area contributed by atoms with Crippen molar-refractivity contribution in [2.75, 3.05) is 0 Å². The number of aromatic carboxylic acids is 1. The zero-order valence-electron chi connectivity index (χ0n) is 9.77. The van der Waals surface area contributed by atoms with Crippen LogP contribution < -0.4 is 4.74 Å². The summed E-state index contributed by atoms with van der Waals surface area (Å²) in [5.74, 6) is -1.19. The van der Waals surface area contributed by atoms with Crippen molar-refractivity contribution < 1.29 is 19.0 Å². The summed E-state index contributed by atoms with van der Waals surface area (Å²) in [6.45, 7) is 0.0859. The fourth-order valence-corrected chi connectivity index (χ4v) is 1.96. The van der Waals surface area contributed by atoms with Crippen molar-refractivity contribution in [1.82, 2.24) is 0 Å². The molecule has 0 atom stereocenters. The van der Waals surface area contributed by atoms with Gasteiger partial charge in [-0.15, -0.1) is 0 Å². The van der Waals surface area contributed by atoms with Crippen molar-refractivity contribution in [3.8, 4) is 5.75 Å². The van der Waals surface area contributed by atoms with Gasteiger partial charge in [0.25, 0.3) is 0 Å². The van der Waals surface area contributed by atoms with E-state index in [0.29, 0.717) is 10.0 Å². The van der Waals surface area contributed by atoms with Crippen LogP contribution in [0.1, 0.15) is 15.9 Å². The molecule has 0 unspecified atom stereocenters. The summed E-state index contributed by atoms with van der Waals surface area (Å²) in [6, 6.07) is 10.9. The van der Waals surface area contributed by atoms with E-state index >= 15 is 0 Å². The Hall–Kier alpha value is -1.88. The molecular weight excluding hydrogens is 315 g/mol. The first-order valence-electron chi connectivity index (χ1n) is 5.47.